The normalized spacial score (nSPS) is 29.3. The Bertz CT molecular complexity index is 615. The van der Waals surface area contributed by atoms with Gasteiger partial charge in [-0.05, 0) is 12.5 Å². The number of carbonyl (C=O) groups excluding carboxylic acids is 2. The molecular formula is C16H20FN3O4. The van der Waals surface area contributed by atoms with E-state index in [-0.39, 0.29) is 13.2 Å². The molecule has 1 aromatic rings. The van der Waals surface area contributed by atoms with Crippen molar-refractivity contribution in [3.05, 3.63) is 35.9 Å². The summed E-state index contributed by atoms with van der Waals surface area (Å²) in [5.74, 6) is -1.28. The van der Waals surface area contributed by atoms with Crippen molar-refractivity contribution in [2.45, 2.75) is 25.4 Å². The molecule has 3 rings (SSSR count). The van der Waals surface area contributed by atoms with Crippen molar-refractivity contribution >= 4 is 12.0 Å². The lowest BCUT2D eigenvalue weighted by molar-refractivity contribution is -0.157. The maximum Gasteiger partial charge on any atom is 0.425 e. The number of nitrogens with two attached hydrogens (primary N) is 1. The molecule has 24 heavy (non-hydrogen) atoms. The van der Waals surface area contributed by atoms with Gasteiger partial charge in [-0.1, -0.05) is 30.3 Å². The average molecular weight is 337 g/mol. The molecule has 2 saturated heterocycles. The maximum absolute atomic E-state index is 14.3. The molecule has 0 aliphatic carbocycles. The van der Waals surface area contributed by atoms with E-state index in [0.717, 1.165) is 5.56 Å². The summed E-state index contributed by atoms with van der Waals surface area (Å²) in [6, 6.07) is 8.47. The molecule has 130 valence electrons. The van der Waals surface area contributed by atoms with Gasteiger partial charge in [0, 0.05) is 6.54 Å². The van der Waals surface area contributed by atoms with Crippen molar-refractivity contribution in [2.24, 2.45) is 11.7 Å². The van der Waals surface area contributed by atoms with Crippen LogP contribution in [0.3, 0.4) is 0 Å². The van der Waals surface area contributed by atoms with Crippen molar-refractivity contribution in [1.82, 2.24) is 10.0 Å². The van der Waals surface area contributed by atoms with E-state index in [2.05, 4.69) is 0 Å². The molecule has 0 bridgehead atoms. The Morgan fingerprint density at radius 1 is 1.38 bits per heavy atom. The molecule has 2 fully saturated rings. The zero-order valence-electron chi connectivity index (χ0n) is 13.3. The summed E-state index contributed by atoms with van der Waals surface area (Å²) < 4.78 is 24.8. The average Bonchev–Trinajstić information content (AvgIpc) is 2.92. The third-order valence-corrected chi connectivity index (χ3v) is 4.40. The van der Waals surface area contributed by atoms with Gasteiger partial charge in [-0.3, -0.25) is 4.79 Å². The smallest absolute Gasteiger partial charge is 0.425 e. The lowest BCUT2D eigenvalue weighted by atomic mass is 9.92. The van der Waals surface area contributed by atoms with Crippen LogP contribution in [0, 0.1) is 5.92 Å². The zero-order valence-corrected chi connectivity index (χ0v) is 13.3. The zero-order chi connectivity index (χ0) is 17.3. The Kier molecular flexibility index (Phi) is 4.68. The summed E-state index contributed by atoms with van der Waals surface area (Å²) in [5, 5.41) is 2.56. The molecule has 2 heterocycles. The van der Waals surface area contributed by atoms with Crippen LogP contribution in [-0.2, 0) is 14.3 Å². The molecule has 2 amide bonds. The van der Waals surface area contributed by atoms with Crippen molar-refractivity contribution in [3.8, 4) is 0 Å². The number of morpholine rings is 1. The summed E-state index contributed by atoms with van der Waals surface area (Å²) >= 11 is 0. The molecule has 4 atom stereocenters. The predicted octanol–water partition coefficient (Wildman–Crippen LogP) is 1.21. The number of amides is 2. The van der Waals surface area contributed by atoms with E-state index in [0.29, 0.717) is 6.61 Å². The first-order valence-corrected chi connectivity index (χ1v) is 7.83. The van der Waals surface area contributed by atoms with Gasteiger partial charge in [-0.15, -0.1) is 0 Å². The van der Waals surface area contributed by atoms with E-state index >= 15 is 0 Å². The van der Waals surface area contributed by atoms with Gasteiger partial charge >= 0.3 is 6.09 Å². The Labute approximate surface area is 139 Å². The summed E-state index contributed by atoms with van der Waals surface area (Å²) in [6.07, 6.45) is -2.93. The molecule has 1 aromatic carbocycles. The number of hydrazine groups is 1. The van der Waals surface area contributed by atoms with Gasteiger partial charge in [0.25, 0.3) is 0 Å². The number of benzene rings is 1. The highest BCUT2D eigenvalue weighted by Gasteiger charge is 2.51. The van der Waals surface area contributed by atoms with E-state index in [1.807, 2.05) is 30.3 Å². The molecule has 2 aliphatic heterocycles. The largest absolute Gasteiger partial charge is 0.442 e. The summed E-state index contributed by atoms with van der Waals surface area (Å²) in [7, 11) is 0. The first-order chi connectivity index (χ1) is 11.5. The fourth-order valence-electron chi connectivity index (χ4n) is 3.08. The molecule has 0 aromatic heterocycles. The van der Waals surface area contributed by atoms with Crippen LogP contribution in [0.1, 0.15) is 18.5 Å². The Hall–Kier alpha value is -2.19. The van der Waals surface area contributed by atoms with Crippen LogP contribution >= 0.6 is 0 Å². The molecule has 2 aliphatic rings. The molecule has 0 saturated carbocycles. The highest BCUT2D eigenvalue weighted by Crippen LogP contribution is 2.39. The first kappa shape index (κ1) is 16.7. The van der Waals surface area contributed by atoms with E-state index < -0.39 is 36.4 Å². The number of primary amides is 1. The standard InChI is InChI=1S/C16H20FN3O4/c1-10(15(18)21)14-13(11-5-3-2-4-6-11)20(16(22)24-14)19-7-8-23-9-12(19)17/h2-6,10,12-14H,7-9H2,1H3,(H2,18,21). The molecule has 2 N–H and O–H groups in total. The second-order valence-electron chi connectivity index (χ2n) is 5.91. The van der Waals surface area contributed by atoms with Crippen LogP contribution in [-0.4, -0.2) is 54.2 Å². The lowest BCUT2D eigenvalue weighted by Crippen LogP contribution is -2.54. The Morgan fingerprint density at radius 2 is 2.08 bits per heavy atom. The van der Waals surface area contributed by atoms with Crippen LogP contribution in [0.25, 0.3) is 0 Å². The van der Waals surface area contributed by atoms with Crippen LogP contribution < -0.4 is 5.73 Å². The molecule has 4 unspecified atom stereocenters. The topological polar surface area (TPSA) is 85.1 Å². The summed E-state index contributed by atoms with van der Waals surface area (Å²) in [4.78, 5) is 24.1. The number of hydrogen-bond acceptors (Lipinski definition) is 5. The van der Waals surface area contributed by atoms with E-state index in [4.69, 9.17) is 15.2 Å². The SMILES string of the molecule is CC(C(N)=O)C1OC(=O)N(N2CCOCC2F)C1c1ccccc1. The molecule has 7 nitrogen and oxygen atoms in total. The van der Waals surface area contributed by atoms with Crippen molar-refractivity contribution in [3.63, 3.8) is 0 Å². The summed E-state index contributed by atoms with van der Waals surface area (Å²) in [6.45, 7) is 2.01. The second kappa shape index (κ2) is 6.74. The van der Waals surface area contributed by atoms with E-state index in [1.165, 1.54) is 10.0 Å². The predicted molar refractivity (Wildman–Crippen MR) is 82.1 cm³/mol. The van der Waals surface area contributed by atoms with Crippen LogP contribution in [0.4, 0.5) is 9.18 Å². The second-order valence-corrected chi connectivity index (χ2v) is 5.91. The molecular weight excluding hydrogens is 317 g/mol. The number of nitrogens with zero attached hydrogens (tertiary/aromatic N) is 2. The monoisotopic (exact) mass is 337 g/mol. The quantitative estimate of drug-likeness (QED) is 0.835. The van der Waals surface area contributed by atoms with Crippen molar-refractivity contribution in [2.75, 3.05) is 19.8 Å². The number of hydrogen-bond donors (Lipinski definition) is 1. The Balaban J connectivity index is 1.99. The molecule has 0 spiro atoms. The van der Waals surface area contributed by atoms with Crippen LogP contribution in [0.15, 0.2) is 30.3 Å². The number of cyclic esters (lactones) is 1. The number of ether oxygens (including phenoxy) is 2. The van der Waals surface area contributed by atoms with E-state index in [1.54, 1.807) is 6.92 Å². The van der Waals surface area contributed by atoms with Gasteiger partial charge < -0.3 is 15.2 Å². The molecule has 8 heteroatoms. The first-order valence-electron chi connectivity index (χ1n) is 7.83. The third kappa shape index (κ3) is 2.94. The minimum absolute atomic E-state index is 0.124. The van der Waals surface area contributed by atoms with Crippen LogP contribution in [0.2, 0.25) is 0 Å². The highest BCUT2D eigenvalue weighted by atomic mass is 19.1. The van der Waals surface area contributed by atoms with Gasteiger partial charge in [0.15, 0.2) is 6.30 Å². The molecule has 0 radical (unpaired) electrons. The van der Waals surface area contributed by atoms with Gasteiger partial charge in [0.05, 0.1) is 19.1 Å². The van der Waals surface area contributed by atoms with Gasteiger partial charge in [-0.2, -0.15) is 5.01 Å². The summed E-state index contributed by atoms with van der Waals surface area (Å²) in [5.41, 5.74) is 6.15. The number of rotatable bonds is 4. The minimum atomic E-state index is -1.46. The number of carbonyl (C=O) groups is 2. The lowest BCUT2D eigenvalue weighted by Gasteiger charge is -2.39. The number of halogens is 1. The van der Waals surface area contributed by atoms with Crippen molar-refractivity contribution < 1.29 is 23.5 Å². The fraction of sp³-hybridized carbons (Fsp3) is 0.500. The minimum Gasteiger partial charge on any atom is -0.442 e. The Morgan fingerprint density at radius 3 is 2.71 bits per heavy atom. The fourth-order valence-corrected chi connectivity index (χ4v) is 3.08. The van der Waals surface area contributed by atoms with Crippen LogP contribution in [0.5, 0.6) is 0 Å². The highest BCUT2D eigenvalue weighted by molar-refractivity contribution is 5.79. The maximum atomic E-state index is 14.3. The van der Waals surface area contributed by atoms with Gasteiger partial charge in [-0.25, -0.2) is 14.2 Å². The van der Waals surface area contributed by atoms with Crippen molar-refractivity contribution in [1.29, 1.82) is 0 Å². The van der Waals surface area contributed by atoms with E-state index in [9.17, 15) is 14.0 Å². The number of alkyl halides is 1. The van der Waals surface area contributed by atoms with Gasteiger partial charge in [0.1, 0.15) is 12.1 Å². The third-order valence-electron chi connectivity index (χ3n) is 4.40. The van der Waals surface area contributed by atoms with Gasteiger partial charge in [0.2, 0.25) is 5.91 Å².